The first-order chi connectivity index (χ1) is 9.17. The Hall–Kier alpha value is -1.31. The van der Waals surface area contributed by atoms with E-state index in [4.69, 9.17) is 4.74 Å². The molecule has 1 heterocycles. The number of halogens is 2. The van der Waals surface area contributed by atoms with Crippen molar-refractivity contribution < 1.29 is 14.2 Å². The highest BCUT2D eigenvalue weighted by atomic mass is 79.9. The normalized spacial score (nSPS) is 10.9. The van der Waals surface area contributed by atoms with Crippen LogP contribution in [0.1, 0.15) is 5.82 Å². The summed E-state index contributed by atoms with van der Waals surface area (Å²) in [5, 5.41) is 17.0. The molecule has 0 saturated heterocycles. The van der Waals surface area contributed by atoms with Gasteiger partial charge < -0.3 is 14.4 Å². The molecule has 0 aliphatic carbocycles. The van der Waals surface area contributed by atoms with Crippen molar-refractivity contribution in [2.45, 2.75) is 13.2 Å². The number of nitrogens with zero attached hydrogens (tertiary/aromatic N) is 3. The molecule has 2 rings (SSSR count). The maximum atomic E-state index is 13.9. The van der Waals surface area contributed by atoms with Gasteiger partial charge >= 0.3 is 0 Å². The molecule has 0 bridgehead atoms. The molecule has 1 aromatic heterocycles. The van der Waals surface area contributed by atoms with E-state index in [1.165, 1.54) is 6.07 Å². The highest BCUT2D eigenvalue weighted by Gasteiger charge is 2.16. The molecule has 0 unspecified atom stereocenters. The number of benzene rings is 1. The largest absolute Gasteiger partial charge is 0.388 e. The Morgan fingerprint density at radius 3 is 2.89 bits per heavy atom. The molecule has 0 radical (unpaired) electrons. The van der Waals surface area contributed by atoms with E-state index in [0.29, 0.717) is 30.4 Å². The molecule has 0 fully saturated rings. The van der Waals surface area contributed by atoms with Crippen LogP contribution in [0.2, 0.25) is 0 Å². The van der Waals surface area contributed by atoms with Crippen molar-refractivity contribution in [3.8, 4) is 11.4 Å². The standard InChI is InChI=1S/C12H13BrFN3O2/c1-19-5-4-17-11(7-18)15-16-12(17)9-6-8(13)2-3-10(9)14/h2-3,6,18H,4-5,7H2,1H3. The van der Waals surface area contributed by atoms with Gasteiger partial charge in [-0.05, 0) is 18.2 Å². The maximum Gasteiger partial charge on any atom is 0.167 e. The van der Waals surface area contributed by atoms with E-state index >= 15 is 0 Å². The van der Waals surface area contributed by atoms with Gasteiger partial charge in [0.1, 0.15) is 12.4 Å². The van der Waals surface area contributed by atoms with Crippen LogP contribution in [0.4, 0.5) is 4.39 Å². The molecule has 0 spiro atoms. The number of aliphatic hydroxyl groups excluding tert-OH is 1. The molecule has 7 heteroatoms. The van der Waals surface area contributed by atoms with Crippen LogP contribution >= 0.6 is 15.9 Å². The van der Waals surface area contributed by atoms with Crippen LogP contribution < -0.4 is 0 Å². The van der Waals surface area contributed by atoms with E-state index in [1.807, 2.05) is 0 Å². The summed E-state index contributed by atoms with van der Waals surface area (Å²) in [5.41, 5.74) is 0.331. The minimum atomic E-state index is -0.390. The molecule has 0 amide bonds. The number of ether oxygens (including phenoxy) is 1. The molecule has 5 nitrogen and oxygen atoms in total. The van der Waals surface area contributed by atoms with Gasteiger partial charge in [0.05, 0.1) is 12.2 Å². The molecule has 0 saturated carbocycles. The Labute approximate surface area is 118 Å². The van der Waals surface area contributed by atoms with Crippen LogP contribution in [0.5, 0.6) is 0 Å². The summed E-state index contributed by atoms with van der Waals surface area (Å²) in [6, 6.07) is 4.60. The Kier molecular flexibility index (Phi) is 4.62. The third-order valence-corrected chi connectivity index (χ3v) is 3.15. The van der Waals surface area contributed by atoms with Gasteiger partial charge in [0.25, 0.3) is 0 Å². The Morgan fingerprint density at radius 2 is 2.21 bits per heavy atom. The predicted molar refractivity (Wildman–Crippen MR) is 70.9 cm³/mol. The van der Waals surface area contributed by atoms with Crippen LogP contribution in [0.15, 0.2) is 22.7 Å². The molecule has 1 N–H and O–H groups in total. The van der Waals surface area contributed by atoms with Gasteiger partial charge in [-0.3, -0.25) is 0 Å². The van der Waals surface area contributed by atoms with E-state index in [1.54, 1.807) is 23.8 Å². The second kappa shape index (κ2) is 6.23. The van der Waals surface area contributed by atoms with Crippen molar-refractivity contribution in [1.82, 2.24) is 14.8 Å². The minimum Gasteiger partial charge on any atom is -0.388 e. The lowest BCUT2D eigenvalue weighted by molar-refractivity contribution is 0.183. The Balaban J connectivity index is 2.49. The van der Waals surface area contributed by atoms with E-state index in [9.17, 15) is 9.50 Å². The monoisotopic (exact) mass is 329 g/mol. The van der Waals surface area contributed by atoms with Gasteiger partial charge in [0, 0.05) is 18.1 Å². The first-order valence-electron chi connectivity index (χ1n) is 5.64. The van der Waals surface area contributed by atoms with Crippen LogP contribution in [0, 0.1) is 5.82 Å². The summed E-state index contributed by atoms with van der Waals surface area (Å²) in [6.07, 6.45) is 0. The van der Waals surface area contributed by atoms with Crippen molar-refractivity contribution in [2.24, 2.45) is 0 Å². The second-order valence-corrected chi connectivity index (χ2v) is 4.78. The summed E-state index contributed by atoms with van der Waals surface area (Å²) in [5.74, 6) is 0.366. The van der Waals surface area contributed by atoms with Gasteiger partial charge in [0.2, 0.25) is 0 Å². The fraction of sp³-hybridized carbons (Fsp3) is 0.333. The van der Waals surface area contributed by atoms with Crippen LogP contribution in [0.25, 0.3) is 11.4 Å². The average Bonchev–Trinajstić information content (AvgIpc) is 2.81. The number of hydrogen-bond acceptors (Lipinski definition) is 4. The lowest BCUT2D eigenvalue weighted by atomic mass is 10.2. The van der Waals surface area contributed by atoms with Crippen molar-refractivity contribution in [3.63, 3.8) is 0 Å². The number of rotatable bonds is 5. The fourth-order valence-electron chi connectivity index (χ4n) is 1.74. The van der Waals surface area contributed by atoms with Crippen LogP contribution in [-0.2, 0) is 17.9 Å². The Bertz CT molecular complexity index is 574. The molecule has 102 valence electrons. The number of aliphatic hydroxyl groups is 1. The zero-order valence-electron chi connectivity index (χ0n) is 10.3. The quantitative estimate of drug-likeness (QED) is 0.911. The average molecular weight is 330 g/mol. The maximum absolute atomic E-state index is 13.9. The van der Waals surface area contributed by atoms with Crippen molar-refractivity contribution in [2.75, 3.05) is 13.7 Å². The predicted octanol–water partition coefficient (Wildman–Crippen LogP) is 1.99. The fourth-order valence-corrected chi connectivity index (χ4v) is 2.10. The highest BCUT2D eigenvalue weighted by Crippen LogP contribution is 2.25. The van der Waals surface area contributed by atoms with Crippen molar-refractivity contribution >= 4 is 15.9 Å². The van der Waals surface area contributed by atoms with E-state index in [0.717, 1.165) is 4.47 Å². The van der Waals surface area contributed by atoms with Gasteiger partial charge in [-0.25, -0.2) is 4.39 Å². The Morgan fingerprint density at radius 1 is 1.42 bits per heavy atom. The molecule has 0 aliphatic rings. The molecule has 0 atom stereocenters. The van der Waals surface area contributed by atoms with E-state index in [2.05, 4.69) is 26.1 Å². The smallest absolute Gasteiger partial charge is 0.167 e. The van der Waals surface area contributed by atoms with Gasteiger partial charge in [-0.15, -0.1) is 10.2 Å². The van der Waals surface area contributed by atoms with E-state index in [-0.39, 0.29) is 6.61 Å². The number of aromatic nitrogens is 3. The summed E-state index contributed by atoms with van der Waals surface area (Å²) >= 11 is 3.30. The highest BCUT2D eigenvalue weighted by molar-refractivity contribution is 9.10. The minimum absolute atomic E-state index is 0.258. The summed E-state index contributed by atoms with van der Waals surface area (Å²) in [4.78, 5) is 0. The van der Waals surface area contributed by atoms with Gasteiger partial charge in [0.15, 0.2) is 11.6 Å². The van der Waals surface area contributed by atoms with E-state index < -0.39 is 5.82 Å². The second-order valence-electron chi connectivity index (χ2n) is 3.87. The topological polar surface area (TPSA) is 60.2 Å². The van der Waals surface area contributed by atoms with Crippen LogP contribution in [-0.4, -0.2) is 33.6 Å². The first kappa shape index (κ1) is 14.1. The lowest BCUT2D eigenvalue weighted by Gasteiger charge is -2.09. The molecule has 0 aliphatic heterocycles. The number of hydrogen-bond donors (Lipinski definition) is 1. The van der Waals surface area contributed by atoms with Gasteiger partial charge in [-0.2, -0.15) is 0 Å². The summed E-state index contributed by atoms with van der Waals surface area (Å²) in [6.45, 7) is 0.612. The summed E-state index contributed by atoms with van der Waals surface area (Å²) in [7, 11) is 1.57. The molecular weight excluding hydrogens is 317 g/mol. The number of methoxy groups -OCH3 is 1. The van der Waals surface area contributed by atoms with Gasteiger partial charge in [-0.1, -0.05) is 15.9 Å². The lowest BCUT2D eigenvalue weighted by Crippen LogP contribution is -2.10. The zero-order chi connectivity index (χ0) is 13.8. The van der Waals surface area contributed by atoms with Crippen molar-refractivity contribution in [1.29, 1.82) is 0 Å². The zero-order valence-corrected chi connectivity index (χ0v) is 11.9. The van der Waals surface area contributed by atoms with Crippen molar-refractivity contribution in [3.05, 3.63) is 34.3 Å². The molecule has 1 aromatic carbocycles. The third-order valence-electron chi connectivity index (χ3n) is 2.66. The molecular formula is C12H13BrFN3O2. The molecule has 2 aromatic rings. The SMILES string of the molecule is COCCn1c(CO)nnc1-c1cc(Br)ccc1F. The summed E-state index contributed by atoms with van der Waals surface area (Å²) < 4.78 is 21.3. The molecule has 19 heavy (non-hydrogen) atoms. The third kappa shape index (κ3) is 2.99. The van der Waals surface area contributed by atoms with Crippen LogP contribution in [0.3, 0.4) is 0 Å². The first-order valence-corrected chi connectivity index (χ1v) is 6.44.